The van der Waals surface area contributed by atoms with Gasteiger partial charge in [-0.05, 0) is 73.5 Å². The molecule has 2 heterocycles. The molecule has 2 amide bonds. The minimum absolute atomic E-state index is 0.263. The van der Waals surface area contributed by atoms with E-state index in [0.29, 0.717) is 35.2 Å². The van der Waals surface area contributed by atoms with Crippen molar-refractivity contribution in [3.8, 4) is 0 Å². The standard InChI is InChI=1S/C21H32N2O2/c1-20-11-8-18(24)22-16(20)5-3-13-14-4-6-17(23-12-9-19(23)25)21(14,2)10-7-15(13)20/h13-17H,3-12H2,1-2H3,(H,22,24)/t13-,14-,15-,16+,17-,20+,21-/m0/s1. The molecular formula is C21H32N2O2. The SMILES string of the molecule is C[C@]12CCC(=O)N[C@@H]1CC[C@@H]1[C@@H]2CC[C@]2(C)[C@@H](N3CCC3=O)CC[C@@H]12. The summed E-state index contributed by atoms with van der Waals surface area (Å²) >= 11 is 0. The molecule has 4 nitrogen and oxygen atoms in total. The summed E-state index contributed by atoms with van der Waals surface area (Å²) in [5, 5.41) is 3.32. The highest BCUT2D eigenvalue weighted by molar-refractivity contribution is 5.82. The van der Waals surface area contributed by atoms with E-state index < -0.39 is 0 Å². The minimum atomic E-state index is 0.263. The van der Waals surface area contributed by atoms with Crippen molar-refractivity contribution in [3.63, 3.8) is 0 Å². The molecule has 5 fully saturated rings. The third-order valence-corrected chi connectivity index (χ3v) is 9.31. The Morgan fingerprint density at radius 2 is 1.72 bits per heavy atom. The zero-order valence-corrected chi connectivity index (χ0v) is 15.7. The van der Waals surface area contributed by atoms with E-state index >= 15 is 0 Å². The van der Waals surface area contributed by atoms with Crippen LogP contribution in [-0.2, 0) is 9.59 Å². The van der Waals surface area contributed by atoms with E-state index in [-0.39, 0.29) is 5.91 Å². The van der Waals surface area contributed by atoms with Crippen LogP contribution in [0.3, 0.4) is 0 Å². The summed E-state index contributed by atoms with van der Waals surface area (Å²) in [6, 6.07) is 0.893. The quantitative estimate of drug-likeness (QED) is 0.743. The Bertz CT molecular complexity index is 619. The van der Waals surface area contributed by atoms with Crippen LogP contribution in [-0.4, -0.2) is 35.3 Å². The highest BCUT2D eigenvalue weighted by atomic mass is 16.2. The van der Waals surface area contributed by atoms with Gasteiger partial charge in [-0.25, -0.2) is 0 Å². The van der Waals surface area contributed by atoms with E-state index in [0.717, 1.165) is 43.6 Å². The smallest absolute Gasteiger partial charge is 0.224 e. The number of hydrogen-bond donors (Lipinski definition) is 1. The molecule has 1 N–H and O–H groups in total. The zero-order valence-electron chi connectivity index (χ0n) is 15.7. The first-order valence-corrected chi connectivity index (χ1v) is 10.5. The van der Waals surface area contributed by atoms with Crippen molar-refractivity contribution in [3.05, 3.63) is 0 Å². The Kier molecular flexibility index (Phi) is 3.38. The molecule has 0 bridgehead atoms. The molecule has 0 aromatic carbocycles. The maximum Gasteiger partial charge on any atom is 0.224 e. The summed E-state index contributed by atoms with van der Waals surface area (Å²) in [6.45, 7) is 5.95. The summed E-state index contributed by atoms with van der Waals surface area (Å²) in [4.78, 5) is 26.2. The van der Waals surface area contributed by atoms with E-state index in [9.17, 15) is 9.59 Å². The zero-order chi connectivity index (χ0) is 17.4. The highest BCUT2D eigenvalue weighted by Gasteiger charge is 2.61. The van der Waals surface area contributed by atoms with E-state index in [1.165, 1.54) is 32.1 Å². The third-order valence-electron chi connectivity index (χ3n) is 9.31. The number of fused-ring (bicyclic) bond motifs is 5. The Morgan fingerprint density at radius 3 is 2.44 bits per heavy atom. The number of likely N-dealkylation sites (tertiary alicyclic amines) is 1. The van der Waals surface area contributed by atoms with Crippen LogP contribution in [0.4, 0.5) is 0 Å². The molecule has 0 radical (unpaired) electrons. The first-order chi connectivity index (χ1) is 11.9. The van der Waals surface area contributed by atoms with Crippen molar-refractivity contribution in [1.29, 1.82) is 0 Å². The van der Waals surface area contributed by atoms with E-state index in [2.05, 4.69) is 24.1 Å². The van der Waals surface area contributed by atoms with Crippen LogP contribution in [0.1, 0.15) is 71.6 Å². The highest BCUT2D eigenvalue weighted by Crippen LogP contribution is 2.64. The number of piperidine rings is 1. The lowest BCUT2D eigenvalue weighted by Crippen LogP contribution is -2.62. The Morgan fingerprint density at radius 1 is 0.920 bits per heavy atom. The molecule has 0 aromatic rings. The fraction of sp³-hybridized carbons (Fsp3) is 0.905. The van der Waals surface area contributed by atoms with Gasteiger partial charge in [-0.2, -0.15) is 0 Å². The largest absolute Gasteiger partial charge is 0.353 e. The summed E-state index contributed by atoms with van der Waals surface area (Å²) in [5.74, 6) is 2.99. The number of hydrogen-bond acceptors (Lipinski definition) is 2. The molecule has 2 saturated heterocycles. The lowest BCUT2D eigenvalue weighted by atomic mass is 9.47. The van der Waals surface area contributed by atoms with Gasteiger partial charge in [0, 0.05) is 31.5 Å². The van der Waals surface area contributed by atoms with Crippen LogP contribution in [0.5, 0.6) is 0 Å². The minimum Gasteiger partial charge on any atom is -0.353 e. The molecule has 25 heavy (non-hydrogen) atoms. The number of nitrogens with zero attached hydrogens (tertiary/aromatic N) is 1. The first kappa shape index (κ1) is 16.1. The molecule has 2 aliphatic heterocycles. The number of rotatable bonds is 1. The molecule has 3 saturated carbocycles. The van der Waals surface area contributed by atoms with Crippen molar-refractivity contribution in [2.45, 2.75) is 83.7 Å². The van der Waals surface area contributed by atoms with Gasteiger partial charge >= 0.3 is 0 Å². The number of nitrogens with one attached hydrogen (secondary N) is 1. The second-order valence-corrected chi connectivity index (χ2v) is 10.1. The molecule has 3 aliphatic carbocycles. The fourth-order valence-electron chi connectivity index (χ4n) is 7.85. The maximum absolute atomic E-state index is 12.1. The lowest BCUT2D eigenvalue weighted by Gasteiger charge is -2.61. The van der Waals surface area contributed by atoms with Crippen LogP contribution in [0.25, 0.3) is 0 Å². The molecule has 0 aromatic heterocycles. The average molecular weight is 344 g/mol. The van der Waals surface area contributed by atoms with Crippen molar-refractivity contribution < 1.29 is 9.59 Å². The monoisotopic (exact) mass is 344 g/mol. The van der Waals surface area contributed by atoms with Gasteiger partial charge in [0.05, 0.1) is 0 Å². The number of carbonyl (C=O) groups excluding carboxylic acids is 2. The summed E-state index contributed by atoms with van der Waals surface area (Å²) in [7, 11) is 0. The Balaban J connectivity index is 1.42. The summed E-state index contributed by atoms with van der Waals surface area (Å²) in [6.07, 6.45) is 10.1. The molecule has 7 atom stereocenters. The van der Waals surface area contributed by atoms with Gasteiger partial charge in [0.2, 0.25) is 11.8 Å². The molecule has 5 rings (SSSR count). The second-order valence-electron chi connectivity index (χ2n) is 10.1. The Labute approximate surface area is 151 Å². The normalized spacial score (nSPS) is 51.9. The summed E-state index contributed by atoms with van der Waals surface area (Å²) < 4.78 is 0. The predicted molar refractivity (Wildman–Crippen MR) is 95.7 cm³/mol. The molecular weight excluding hydrogens is 312 g/mol. The molecule has 0 spiro atoms. The topological polar surface area (TPSA) is 49.4 Å². The number of carbonyl (C=O) groups is 2. The molecule has 4 heteroatoms. The van der Waals surface area contributed by atoms with Crippen molar-refractivity contribution in [1.82, 2.24) is 10.2 Å². The van der Waals surface area contributed by atoms with Crippen molar-refractivity contribution >= 4 is 11.8 Å². The van der Waals surface area contributed by atoms with Gasteiger partial charge in [0.25, 0.3) is 0 Å². The number of β-lactam (4-membered cyclic amide) rings is 1. The van der Waals surface area contributed by atoms with Gasteiger partial charge < -0.3 is 10.2 Å². The van der Waals surface area contributed by atoms with Crippen LogP contribution in [0.2, 0.25) is 0 Å². The van der Waals surface area contributed by atoms with Crippen molar-refractivity contribution in [2.24, 2.45) is 28.6 Å². The van der Waals surface area contributed by atoms with Crippen LogP contribution in [0, 0.1) is 28.6 Å². The van der Waals surface area contributed by atoms with Crippen molar-refractivity contribution in [2.75, 3.05) is 6.54 Å². The van der Waals surface area contributed by atoms with E-state index in [4.69, 9.17) is 0 Å². The van der Waals surface area contributed by atoms with Crippen LogP contribution >= 0.6 is 0 Å². The summed E-state index contributed by atoms with van der Waals surface area (Å²) in [5.41, 5.74) is 0.626. The van der Waals surface area contributed by atoms with Gasteiger partial charge in [-0.1, -0.05) is 13.8 Å². The number of amides is 2. The second kappa shape index (κ2) is 5.23. The molecule has 0 unspecified atom stereocenters. The fourth-order valence-corrected chi connectivity index (χ4v) is 7.85. The lowest BCUT2D eigenvalue weighted by molar-refractivity contribution is -0.152. The van der Waals surface area contributed by atoms with Crippen LogP contribution in [0.15, 0.2) is 0 Å². The van der Waals surface area contributed by atoms with Crippen LogP contribution < -0.4 is 5.32 Å². The van der Waals surface area contributed by atoms with Gasteiger partial charge in [-0.3, -0.25) is 9.59 Å². The molecule has 5 aliphatic rings. The van der Waals surface area contributed by atoms with E-state index in [1.54, 1.807) is 0 Å². The first-order valence-electron chi connectivity index (χ1n) is 10.5. The van der Waals surface area contributed by atoms with Gasteiger partial charge in [0.1, 0.15) is 0 Å². The predicted octanol–water partition coefficient (Wildman–Crippen LogP) is 3.11. The van der Waals surface area contributed by atoms with Gasteiger partial charge in [-0.15, -0.1) is 0 Å². The third kappa shape index (κ3) is 2.06. The Hall–Kier alpha value is -1.06. The van der Waals surface area contributed by atoms with E-state index in [1.807, 2.05) is 0 Å². The maximum atomic E-state index is 12.1. The van der Waals surface area contributed by atoms with Gasteiger partial charge in [0.15, 0.2) is 0 Å². The molecule has 138 valence electrons. The average Bonchev–Trinajstić information content (AvgIpc) is 2.91.